The van der Waals surface area contributed by atoms with E-state index >= 15 is 0 Å². The van der Waals surface area contributed by atoms with Crippen LogP contribution in [0.25, 0.3) is 0 Å². The van der Waals surface area contributed by atoms with Gasteiger partial charge in [-0.1, -0.05) is 35.4 Å². The Morgan fingerprint density at radius 3 is 2.15 bits per heavy atom. The highest BCUT2D eigenvalue weighted by Crippen LogP contribution is 2.25. The van der Waals surface area contributed by atoms with Crippen LogP contribution in [0.5, 0.6) is 0 Å². The Morgan fingerprint density at radius 1 is 1.23 bits per heavy atom. The molecule has 0 aromatic heterocycles. The summed E-state index contributed by atoms with van der Waals surface area (Å²) in [5.41, 5.74) is 5.80. The summed E-state index contributed by atoms with van der Waals surface area (Å²) < 4.78 is 0. The molecule has 1 heterocycles. The Labute approximate surface area is 89.4 Å². The SMILES string of the molecule is CC(C)C(CN)N1CCSSCC1. The molecule has 1 rings (SSSR count). The molecule has 0 aliphatic carbocycles. The van der Waals surface area contributed by atoms with Crippen molar-refractivity contribution in [2.24, 2.45) is 11.7 Å². The van der Waals surface area contributed by atoms with Gasteiger partial charge in [0.1, 0.15) is 0 Å². The van der Waals surface area contributed by atoms with Gasteiger partial charge in [-0.3, -0.25) is 4.90 Å². The van der Waals surface area contributed by atoms with Gasteiger partial charge in [-0.25, -0.2) is 0 Å². The molecule has 4 heteroatoms. The van der Waals surface area contributed by atoms with E-state index in [1.54, 1.807) is 0 Å². The molecular weight excluding hydrogens is 200 g/mol. The van der Waals surface area contributed by atoms with E-state index in [2.05, 4.69) is 18.7 Å². The maximum absolute atomic E-state index is 5.80. The third-order valence-corrected chi connectivity index (χ3v) is 4.85. The van der Waals surface area contributed by atoms with Crippen LogP contribution in [-0.2, 0) is 0 Å². The Hall–Kier alpha value is 0.620. The molecule has 0 bridgehead atoms. The molecule has 1 fully saturated rings. The number of nitrogens with zero attached hydrogens (tertiary/aromatic N) is 1. The quantitative estimate of drug-likeness (QED) is 0.733. The summed E-state index contributed by atoms with van der Waals surface area (Å²) >= 11 is 0. The molecule has 0 saturated carbocycles. The molecule has 1 atom stereocenters. The third-order valence-electron chi connectivity index (χ3n) is 2.49. The standard InChI is InChI=1S/C9H20N2S2/c1-8(2)9(7-10)11-3-5-12-13-6-4-11/h8-9H,3-7,10H2,1-2H3. The van der Waals surface area contributed by atoms with Gasteiger partial charge in [-0.15, -0.1) is 0 Å². The first-order valence-corrected chi connectivity index (χ1v) is 7.43. The molecule has 1 unspecified atom stereocenters. The van der Waals surface area contributed by atoms with E-state index in [1.165, 1.54) is 24.6 Å². The minimum atomic E-state index is 0.583. The normalized spacial score (nSPS) is 23.1. The molecule has 0 radical (unpaired) electrons. The highest BCUT2D eigenvalue weighted by Gasteiger charge is 2.21. The van der Waals surface area contributed by atoms with E-state index in [0.717, 1.165) is 6.54 Å². The number of rotatable bonds is 3. The molecule has 1 saturated heterocycles. The summed E-state index contributed by atoms with van der Waals surface area (Å²) in [5, 5.41) is 0. The second kappa shape index (κ2) is 6.17. The summed E-state index contributed by atoms with van der Waals surface area (Å²) in [4.78, 5) is 2.55. The van der Waals surface area contributed by atoms with E-state index in [-0.39, 0.29) is 0 Å². The monoisotopic (exact) mass is 220 g/mol. The summed E-state index contributed by atoms with van der Waals surface area (Å²) in [5.74, 6) is 3.17. The van der Waals surface area contributed by atoms with Crippen LogP contribution < -0.4 is 5.73 Å². The van der Waals surface area contributed by atoms with Gasteiger partial charge in [0.05, 0.1) is 0 Å². The van der Waals surface area contributed by atoms with Crippen molar-refractivity contribution in [1.29, 1.82) is 0 Å². The molecule has 0 aromatic carbocycles. The van der Waals surface area contributed by atoms with E-state index in [4.69, 9.17) is 5.73 Å². The number of nitrogens with two attached hydrogens (primary N) is 1. The van der Waals surface area contributed by atoms with Gasteiger partial charge in [0.2, 0.25) is 0 Å². The molecule has 2 nitrogen and oxygen atoms in total. The molecule has 1 aliphatic heterocycles. The van der Waals surface area contributed by atoms with Gasteiger partial charge in [0.15, 0.2) is 0 Å². The van der Waals surface area contributed by atoms with Crippen LogP contribution in [0.2, 0.25) is 0 Å². The van der Waals surface area contributed by atoms with Crippen LogP contribution in [0.3, 0.4) is 0 Å². The van der Waals surface area contributed by atoms with E-state index < -0.39 is 0 Å². The molecule has 0 spiro atoms. The fourth-order valence-corrected chi connectivity index (χ4v) is 3.72. The first-order chi connectivity index (χ1) is 6.25. The van der Waals surface area contributed by atoms with Crippen molar-refractivity contribution < 1.29 is 0 Å². The van der Waals surface area contributed by atoms with Gasteiger partial charge in [0.25, 0.3) is 0 Å². The lowest BCUT2D eigenvalue weighted by molar-refractivity contribution is 0.180. The van der Waals surface area contributed by atoms with Crippen molar-refractivity contribution in [2.45, 2.75) is 19.9 Å². The Kier molecular flexibility index (Phi) is 5.55. The minimum absolute atomic E-state index is 0.583. The van der Waals surface area contributed by atoms with Crippen LogP contribution in [-0.4, -0.2) is 42.1 Å². The zero-order valence-corrected chi connectivity index (χ0v) is 10.2. The fourth-order valence-electron chi connectivity index (χ4n) is 1.71. The van der Waals surface area contributed by atoms with Crippen LogP contribution >= 0.6 is 21.6 Å². The van der Waals surface area contributed by atoms with Crippen molar-refractivity contribution in [3.8, 4) is 0 Å². The predicted octanol–water partition coefficient (Wildman–Crippen LogP) is 1.67. The number of hydrogen-bond acceptors (Lipinski definition) is 4. The average molecular weight is 220 g/mol. The zero-order chi connectivity index (χ0) is 9.68. The van der Waals surface area contributed by atoms with Crippen molar-refractivity contribution in [3.05, 3.63) is 0 Å². The van der Waals surface area contributed by atoms with Crippen LogP contribution in [0.4, 0.5) is 0 Å². The van der Waals surface area contributed by atoms with Gasteiger partial charge < -0.3 is 5.73 Å². The van der Waals surface area contributed by atoms with Gasteiger partial charge in [-0.05, 0) is 5.92 Å². The highest BCUT2D eigenvalue weighted by molar-refractivity contribution is 8.76. The minimum Gasteiger partial charge on any atom is -0.329 e. The molecular formula is C9H20N2S2. The lowest BCUT2D eigenvalue weighted by Crippen LogP contribution is -2.45. The molecule has 0 amide bonds. The van der Waals surface area contributed by atoms with Crippen molar-refractivity contribution in [3.63, 3.8) is 0 Å². The molecule has 2 N–H and O–H groups in total. The second-order valence-electron chi connectivity index (χ2n) is 3.73. The maximum atomic E-state index is 5.80. The maximum Gasteiger partial charge on any atom is 0.0242 e. The molecule has 78 valence electrons. The predicted molar refractivity (Wildman–Crippen MR) is 64.2 cm³/mol. The van der Waals surface area contributed by atoms with Crippen molar-refractivity contribution >= 4 is 21.6 Å². The van der Waals surface area contributed by atoms with E-state index in [0.29, 0.717) is 12.0 Å². The average Bonchev–Trinajstić information content (AvgIpc) is 2.33. The summed E-state index contributed by atoms with van der Waals surface area (Å²) in [6, 6.07) is 0.583. The van der Waals surface area contributed by atoms with E-state index in [9.17, 15) is 0 Å². The van der Waals surface area contributed by atoms with E-state index in [1.807, 2.05) is 21.6 Å². The second-order valence-corrected chi connectivity index (χ2v) is 6.43. The molecule has 13 heavy (non-hydrogen) atoms. The van der Waals surface area contributed by atoms with Gasteiger partial charge in [0, 0.05) is 37.2 Å². The smallest absolute Gasteiger partial charge is 0.0242 e. The van der Waals surface area contributed by atoms with Crippen LogP contribution in [0.1, 0.15) is 13.8 Å². The molecule has 1 aliphatic rings. The summed E-state index contributed by atoms with van der Waals surface area (Å²) in [7, 11) is 3.99. The first-order valence-electron chi connectivity index (χ1n) is 4.94. The Bertz CT molecular complexity index is 134. The highest BCUT2D eigenvalue weighted by atomic mass is 33.1. The summed E-state index contributed by atoms with van der Waals surface area (Å²) in [6.07, 6.45) is 0. The number of hydrogen-bond donors (Lipinski definition) is 1. The Balaban J connectivity index is 2.45. The van der Waals surface area contributed by atoms with Crippen molar-refractivity contribution in [1.82, 2.24) is 4.90 Å². The van der Waals surface area contributed by atoms with Crippen LogP contribution in [0, 0.1) is 5.92 Å². The first kappa shape index (κ1) is 11.7. The zero-order valence-electron chi connectivity index (χ0n) is 8.53. The lowest BCUT2D eigenvalue weighted by atomic mass is 10.0. The van der Waals surface area contributed by atoms with Gasteiger partial charge in [-0.2, -0.15) is 0 Å². The Morgan fingerprint density at radius 2 is 1.77 bits per heavy atom. The van der Waals surface area contributed by atoms with Crippen molar-refractivity contribution in [2.75, 3.05) is 31.1 Å². The lowest BCUT2D eigenvalue weighted by Gasteiger charge is -2.32. The third kappa shape index (κ3) is 3.70. The molecule has 0 aromatic rings. The topological polar surface area (TPSA) is 29.3 Å². The largest absolute Gasteiger partial charge is 0.329 e. The van der Waals surface area contributed by atoms with Gasteiger partial charge >= 0.3 is 0 Å². The van der Waals surface area contributed by atoms with Crippen LogP contribution in [0.15, 0.2) is 0 Å². The summed E-state index contributed by atoms with van der Waals surface area (Å²) in [6.45, 7) is 7.74. The fraction of sp³-hybridized carbons (Fsp3) is 1.00.